The van der Waals surface area contributed by atoms with E-state index >= 15 is 0 Å². The van der Waals surface area contributed by atoms with E-state index in [1.54, 1.807) is 17.6 Å². The fraction of sp³-hybridized carbons (Fsp3) is 0.389. The number of para-hydroxylation sites is 2. The molecule has 2 N–H and O–H groups in total. The highest BCUT2D eigenvalue weighted by Gasteiger charge is 2.46. The zero-order chi connectivity index (χ0) is 20.8. The molecule has 0 spiro atoms. The Morgan fingerprint density at radius 2 is 2.07 bits per heavy atom. The molecule has 0 unspecified atom stereocenters. The van der Waals surface area contributed by atoms with Crippen molar-refractivity contribution in [3.05, 3.63) is 35.2 Å². The molecule has 3 aromatic rings. The predicted octanol–water partition coefficient (Wildman–Crippen LogP) is 4.50. The van der Waals surface area contributed by atoms with Crippen molar-refractivity contribution in [2.24, 2.45) is 0 Å². The van der Waals surface area contributed by atoms with E-state index in [-0.39, 0.29) is 18.3 Å². The highest BCUT2D eigenvalue weighted by molar-refractivity contribution is 7.71. The SMILES string of the molecule is CCOc1ccccc1-n1c(-c2cnn3c2N[C@H](C)C[C@@H]3C(F)(F)F)n[nH]c1=S. The van der Waals surface area contributed by atoms with Crippen molar-refractivity contribution in [2.45, 2.75) is 38.5 Å². The van der Waals surface area contributed by atoms with Crippen LogP contribution in [0.15, 0.2) is 30.5 Å². The van der Waals surface area contributed by atoms with Crippen LogP contribution in [0.4, 0.5) is 19.0 Å². The van der Waals surface area contributed by atoms with E-state index < -0.39 is 12.2 Å². The molecule has 0 bridgehead atoms. The van der Waals surface area contributed by atoms with Crippen molar-refractivity contribution in [2.75, 3.05) is 11.9 Å². The van der Waals surface area contributed by atoms with Crippen molar-refractivity contribution in [1.29, 1.82) is 0 Å². The van der Waals surface area contributed by atoms with E-state index in [1.165, 1.54) is 6.20 Å². The first-order chi connectivity index (χ1) is 13.8. The van der Waals surface area contributed by atoms with Crippen LogP contribution in [0.1, 0.15) is 26.3 Å². The van der Waals surface area contributed by atoms with Gasteiger partial charge >= 0.3 is 6.18 Å². The standard InChI is InChI=1S/C18H19F3N6OS/c1-3-28-13-7-5-4-6-12(13)26-16(24-25-17(26)29)11-9-22-27-14(18(19,20)21)8-10(2)23-15(11)27/h4-7,9-10,14,23H,3,8H2,1-2H3,(H,25,29)/t10-,14-/m1/s1. The molecular formula is C18H19F3N6OS. The molecule has 2 atom stereocenters. The summed E-state index contributed by atoms with van der Waals surface area (Å²) in [5.41, 5.74) is 1.06. The van der Waals surface area contributed by atoms with Gasteiger partial charge in [-0.3, -0.25) is 9.67 Å². The molecule has 1 aliphatic heterocycles. The number of nitrogens with zero attached hydrogens (tertiary/aromatic N) is 4. The highest BCUT2D eigenvalue weighted by atomic mass is 32.1. The molecule has 3 heterocycles. The van der Waals surface area contributed by atoms with Crippen LogP contribution in [0.5, 0.6) is 5.75 Å². The average molecular weight is 424 g/mol. The highest BCUT2D eigenvalue weighted by Crippen LogP contribution is 2.42. The number of aromatic amines is 1. The molecule has 1 aliphatic rings. The number of alkyl halides is 3. The maximum absolute atomic E-state index is 13.5. The van der Waals surface area contributed by atoms with Gasteiger partial charge in [-0.15, -0.1) is 0 Å². The van der Waals surface area contributed by atoms with Gasteiger partial charge in [-0.25, -0.2) is 4.68 Å². The molecular weight excluding hydrogens is 405 g/mol. The first-order valence-corrected chi connectivity index (χ1v) is 9.52. The molecule has 0 saturated carbocycles. The number of hydrogen-bond acceptors (Lipinski definition) is 5. The topological polar surface area (TPSA) is 72.7 Å². The molecule has 0 amide bonds. The molecule has 7 nitrogen and oxygen atoms in total. The number of hydrogen-bond donors (Lipinski definition) is 2. The molecule has 1 aromatic carbocycles. The summed E-state index contributed by atoms with van der Waals surface area (Å²) in [6.45, 7) is 4.02. The Bertz CT molecular complexity index is 1090. The van der Waals surface area contributed by atoms with Crippen LogP contribution in [0.2, 0.25) is 0 Å². The third-order valence-corrected chi connectivity index (χ3v) is 5.02. The molecule has 0 aliphatic carbocycles. The monoisotopic (exact) mass is 424 g/mol. The van der Waals surface area contributed by atoms with Gasteiger partial charge in [0, 0.05) is 6.04 Å². The number of nitrogens with one attached hydrogen (secondary N) is 2. The third-order valence-electron chi connectivity index (χ3n) is 4.75. The zero-order valence-electron chi connectivity index (χ0n) is 15.7. The number of rotatable bonds is 4. The summed E-state index contributed by atoms with van der Waals surface area (Å²) in [7, 11) is 0. The van der Waals surface area contributed by atoms with Gasteiger partial charge in [0.2, 0.25) is 0 Å². The van der Waals surface area contributed by atoms with Gasteiger partial charge in [-0.2, -0.15) is 23.4 Å². The first-order valence-electron chi connectivity index (χ1n) is 9.12. The molecule has 11 heteroatoms. The lowest BCUT2D eigenvalue weighted by Crippen LogP contribution is -2.38. The minimum Gasteiger partial charge on any atom is -0.492 e. The fourth-order valence-electron chi connectivity index (χ4n) is 3.53. The minimum absolute atomic E-state index is 0.0996. The Balaban J connectivity index is 1.88. The fourth-order valence-corrected chi connectivity index (χ4v) is 3.76. The molecule has 154 valence electrons. The van der Waals surface area contributed by atoms with Crippen LogP contribution in [0, 0.1) is 4.77 Å². The maximum atomic E-state index is 13.5. The Morgan fingerprint density at radius 1 is 1.31 bits per heavy atom. The second-order valence-corrected chi connectivity index (χ2v) is 7.17. The van der Waals surface area contributed by atoms with Gasteiger partial charge in [0.1, 0.15) is 11.6 Å². The number of ether oxygens (including phenoxy) is 1. The van der Waals surface area contributed by atoms with Crippen LogP contribution in [-0.2, 0) is 0 Å². The number of anilines is 1. The van der Waals surface area contributed by atoms with Crippen molar-refractivity contribution in [1.82, 2.24) is 24.5 Å². The van der Waals surface area contributed by atoms with E-state index in [4.69, 9.17) is 17.0 Å². The molecule has 2 aromatic heterocycles. The number of fused-ring (bicyclic) bond motifs is 1. The first kappa shape index (κ1) is 19.5. The van der Waals surface area contributed by atoms with E-state index in [9.17, 15) is 13.2 Å². The Kier molecular flexibility index (Phi) is 4.85. The normalized spacial score (nSPS) is 18.9. The average Bonchev–Trinajstić information content (AvgIpc) is 3.24. The summed E-state index contributed by atoms with van der Waals surface area (Å²) < 4.78 is 49.2. The molecule has 4 rings (SSSR count). The van der Waals surface area contributed by atoms with Gasteiger partial charge in [0.15, 0.2) is 16.6 Å². The lowest BCUT2D eigenvalue weighted by Gasteiger charge is -2.32. The van der Waals surface area contributed by atoms with E-state index in [0.717, 1.165) is 4.68 Å². The molecule has 0 saturated heterocycles. The lowest BCUT2D eigenvalue weighted by atomic mass is 10.0. The summed E-state index contributed by atoms with van der Waals surface area (Å²) in [5, 5.41) is 14.1. The van der Waals surface area contributed by atoms with Gasteiger partial charge in [0.05, 0.1) is 24.1 Å². The number of halogens is 3. The minimum atomic E-state index is -4.40. The van der Waals surface area contributed by atoms with E-state index in [1.807, 2.05) is 25.1 Å². The Hall–Kier alpha value is -2.82. The Labute approximate surface area is 169 Å². The van der Waals surface area contributed by atoms with E-state index in [0.29, 0.717) is 34.2 Å². The summed E-state index contributed by atoms with van der Waals surface area (Å²) >= 11 is 5.39. The predicted molar refractivity (Wildman–Crippen MR) is 104 cm³/mol. The maximum Gasteiger partial charge on any atom is 0.410 e. The van der Waals surface area contributed by atoms with Crippen LogP contribution in [0.3, 0.4) is 0 Å². The molecule has 0 fully saturated rings. The number of benzene rings is 1. The smallest absolute Gasteiger partial charge is 0.410 e. The summed E-state index contributed by atoms with van der Waals surface area (Å²) in [5.74, 6) is 1.20. The van der Waals surface area contributed by atoms with Crippen LogP contribution in [0.25, 0.3) is 17.1 Å². The lowest BCUT2D eigenvalue weighted by molar-refractivity contribution is -0.173. The largest absolute Gasteiger partial charge is 0.492 e. The van der Waals surface area contributed by atoms with Crippen molar-refractivity contribution >= 4 is 18.0 Å². The van der Waals surface area contributed by atoms with Gasteiger partial charge in [-0.1, -0.05) is 12.1 Å². The number of H-pyrrole nitrogens is 1. The van der Waals surface area contributed by atoms with Crippen LogP contribution < -0.4 is 10.1 Å². The van der Waals surface area contributed by atoms with Crippen LogP contribution >= 0.6 is 12.2 Å². The van der Waals surface area contributed by atoms with Gasteiger partial charge in [0.25, 0.3) is 0 Å². The van der Waals surface area contributed by atoms with Crippen molar-refractivity contribution in [3.63, 3.8) is 0 Å². The Morgan fingerprint density at radius 3 is 2.79 bits per heavy atom. The van der Waals surface area contributed by atoms with Crippen molar-refractivity contribution in [3.8, 4) is 22.8 Å². The zero-order valence-corrected chi connectivity index (χ0v) is 16.5. The second kappa shape index (κ2) is 7.21. The van der Waals surface area contributed by atoms with Gasteiger partial charge in [-0.05, 0) is 44.6 Å². The van der Waals surface area contributed by atoms with Crippen molar-refractivity contribution < 1.29 is 17.9 Å². The van der Waals surface area contributed by atoms with Crippen LogP contribution in [-0.4, -0.2) is 43.4 Å². The summed E-state index contributed by atoms with van der Waals surface area (Å²) in [6.07, 6.45) is -3.12. The molecule has 0 radical (unpaired) electrons. The third kappa shape index (κ3) is 3.39. The van der Waals surface area contributed by atoms with Gasteiger partial charge < -0.3 is 10.1 Å². The second-order valence-electron chi connectivity index (χ2n) is 6.78. The summed E-state index contributed by atoms with van der Waals surface area (Å²) in [4.78, 5) is 0. The number of aromatic nitrogens is 5. The van der Waals surface area contributed by atoms with E-state index in [2.05, 4.69) is 20.6 Å². The molecule has 29 heavy (non-hydrogen) atoms. The summed E-state index contributed by atoms with van der Waals surface area (Å²) in [6, 6.07) is 5.18. The quantitative estimate of drug-likeness (QED) is 0.604.